The molecule has 0 spiro atoms. The monoisotopic (exact) mass is 295 g/mol. The van der Waals surface area contributed by atoms with Crippen LogP contribution in [0.5, 0.6) is 0 Å². The Bertz CT molecular complexity index is 433. The third kappa shape index (κ3) is 4.49. The van der Waals surface area contributed by atoms with Crippen LogP contribution in [0.1, 0.15) is 37.9 Å². The maximum absolute atomic E-state index is 5.84. The highest BCUT2D eigenvalue weighted by atomic mass is 16.5. The second-order valence-electron chi connectivity index (χ2n) is 6.71. The van der Waals surface area contributed by atoms with Crippen molar-refractivity contribution in [3.05, 3.63) is 11.7 Å². The van der Waals surface area contributed by atoms with Crippen LogP contribution in [0.2, 0.25) is 0 Å². The van der Waals surface area contributed by atoms with Crippen LogP contribution < -0.4 is 5.73 Å². The average Bonchev–Trinajstić information content (AvgIpc) is 2.88. The van der Waals surface area contributed by atoms with E-state index < -0.39 is 0 Å². The van der Waals surface area contributed by atoms with Gasteiger partial charge in [0.2, 0.25) is 5.89 Å². The summed E-state index contributed by atoms with van der Waals surface area (Å²) in [5, 5.41) is 4.16. The third-order valence-electron chi connectivity index (χ3n) is 4.27. The Labute approximate surface area is 127 Å². The quantitative estimate of drug-likeness (QED) is 0.842. The van der Waals surface area contributed by atoms with Crippen molar-refractivity contribution in [1.82, 2.24) is 19.9 Å². The van der Waals surface area contributed by atoms with Gasteiger partial charge in [0.05, 0.1) is 5.92 Å². The van der Waals surface area contributed by atoms with E-state index >= 15 is 0 Å². The summed E-state index contributed by atoms with van der Waals surface area (Å²) < 4.78 is 5.45. The molecule has 0 saturated carbocycles. The molecule has 120 valence electrons. The van der Waals surface area contributed by atoms with Crippen LogP contribution >= 0.6 is 0 Å². The van der Waals surface area contributed by atoms with Crippen molar-refractivity contribution in [2.45, 2.75) is 38.6 Å². The minimum absolute atomic E-state index is 0.179. The highest BCUT2D eigenvalue weighted by Gasteiger charge is 2.25. The van der Waals surface area contributed by atoms with E-state index in [0.29, 0.717) is 24.4 Å². The van der Waals surface area contributed by atoms with E-state index in [2.05, 4.69) is 47.9 Å². The molecule has 0 aromatic carbocycles. The van der Waals surface area contributed by atoms with Gasteiger partial charge in [0, 0.05) is 38.6 Å². The molecular formula is C15H29N5O. The normalized spacial score (nSPS) is 22.9. The van der Waals surface area contributed by atoms with Crippen LogP contribution in [0.15, 0.2) is 4.52 Å². The SMILES string of the molecule is CC(C)CC(CN)c1nc(CC2CN(C)CCN2C)no1. The molecule has 0 bridgehead atoms. The lowest BCUT2D eigenvalue weighted by Crippen LogP contribution is -2.50. The molecule has 6 nitrogen and oxygen atoms in total. The second-order valence-corrected chi connectivity index (χ2v) is 6.71. The first-order chi connectivity index (χ1) is 9.99. The molecule has 1 aromatic heterocycles. The van der Waals surface area contributed by atoms with Gasteiger partial charge in [0.1, 0.15) is 0 Å². The Hall–Kier alpha value is -0.980. The van der Waals surface area contributed by atoms with Gasteiger partial charge in [-0.15, -0.1) is 0 Å². The lowest BCUT2D eigenvalue weighted by atomic mass is 9.97. The molecule has 2 N–H and O–H groups in total. The van der Waals surface area contributed by atoms with Gasteiger partial charge in [0.15, 0.2) is 5.82 Å². The second kappa shape index (κ2) is 7.33. The number of piperazine rings is 1. The van der Waals surface area contributed by atoms with Crippen molar-refractivity contribution < 1.29 is 4.52 Å². The molecule has 0 radical (unpaired) electrons. The standard InChI is InChI=1S/C15H29N5O/c1-11(2)7-12(9-16)15-17-14(18-21-15)8-13-10-19(3)5-6-20(13)4/h11-13H,5-10,16H2,1-4H3. The topological polar surface area (TPSA) is 71.4 Å². The van der Waals surface area contributed by atoms with E-state index in [9.17, 15) is 0 Å². The number of aromatic nitrogens is 2. The predicted octanol–water partition coefficient (Wildman–Crippen LogP) is 0.946. The molecule has 1 aliphatic rings. The summed E-state index contributed by atoms with van der Waals surface area (Å²) in [6.45, 7) is 8.19. The molecule has 21 heavy (non-hydrogen) atoms. The minimum Gasteiger partial charge on any atom is -0.339 e. The van der Waals surface area contributed by atoms with Crippen molar-refractivity contribution >= 4 is 0 Å². The largest absolute Gasteiger partial charge is 0.339 e. The van der Waals surface area contributed by atoms with Gasteiger partial charge in [-0.25, -0.2) is 0 Å². The van der Waals surface area contributed by atoms with Crippen LogP contribution in [0.4, 0.5) is 0 Å². The third-order valence-corrected chi connectivity index (χ3v) is 4.27. The summed E-state index contributed by atoms with van der Waals surface area (Å²) in [6.07, 6.45) is 1.83. The molecular weight excluding hydrogens is 266 g/mol. The van der Waals surface area contributed by atoms with E-state index in [-0.39, 0.29) is 5.92 Å². The molecule has 1 aromatic rings. The van der Waals surface area contributed by atoms with E-state index in [1.165, 1.54) is 0 Å². The number of nitrogens with two attached hydrogens (primary N) is 1. The molecule has 2 atom stereocenters. The number of nitrogens with zero attached hydrogens (tertiary/aromatic N) is 4. The molecule has 1 fully saturated rings. The van der Waals surface area contributed by atoms with E-state index in [1.54, 1.807) is 0 Å². The van der Waals surface area contributed by atoms with Crippen molar-refractivity contribution in [3.63, 3.8) is 0 Å². The van der Waals surface area contributed by atoms with E-state index in [4.69, 9.17) is 10.3 Å². The molecule has 2 rings (SSSR count). The van der Waals surface area contributed by atoms with Gasteiger partial charge in [-0.2, -0.15) is 4.98 Å². The smallest absolute Gasteiger partial charge is 0.231 e. The maximum atomic E-state index is 5.84. The zero-order valence-corrected chi connectivity index (χ0v) is 13.7. The summed E-state index contributed by atoms with van der Waals surface area (Å²) in [6, 6.07) is 0.454. The summed E-state index contributed by atoms with van der Waals surface area (Å²) in [7, 11) is 4.33. The minimum atomic E-state index is 0.179. The van der Waals surface area contributed by atoms with Crippen molar-refractivity contribution in [3.8, 4) is 0 Å². The molecule has 6 heteroatoms. The van der Waals surface area contributed by atoms with Crippen molar-refractivity contribution in [2.24, 2.45) is 11.7 Å². The highest BCUT2D eigenvalue weighted by molar-refractivity contribution is 4.98. The van der Waals surface area contributed by atoms with E-state index in [1.807, 2.05) is 0 Å². The van der Waals surface area contributed by atoms with Crippen molar-refractivity contribution in [1.29, 1.82) is 0 Å². The average molecular weight is 295 g/mol. The lowest BCUT2D eigenvalue weighted by Gasteiger charge is -2.37. The van der Waals surface area contributed by atoms with Gasteiger partial charge < -0.3 is 20.1 Å². The van der Waals surface area contributed by atoms with Crippen LogP contribution in [-0.2, 0) is 6.42 Å². The summed E-state index contributed by atoms with van der Waals surface area (Å²) >= 11 is 0. The molecule has 2 heterocycles. The van der Waals surface area contributed by atoms with Gasteiger partial charge >= 0.3 is 0 Å². The molecule has 1 aliphatic heterocycles. The molecule has 2 unspecified atom stereocenters. The Kier molecular flexibility index (Phi) is 5.72. The van der Waals surface area contributed by atoms with Gasteiger partial charge in [0.25, 0.3) is 0 Å². The van der Waals surface area contributed by atoms with Gasteiger partial charge in [-0.1, -0.05) is 19.0 Å². The van der Waals surface area contributed by atoms with Gasteiger partial charge in [-0.3, -0.25) is 0 Å². The summed E-state index contributed by atoms with van der Waals surface area (Å²) in [4.78, 5) is 9.32. The Morgan fingerprint density at radius 1 is 1.33 bits per heavy atom. The van der Waals surface area contributed by atoms with Crippen LogP contribution in [0, 0.1) is 5.92 Å². The Morgan fingerprint density at radius 3 is 2.76 bits per heavy atom. The summed E-state index contributed by atoms with van der Waals surface area (Å²) in [5.41, 5.74) is 5.84. The Balaban J connectivity index is 1.98. The molecule has 0 amide bonds. The van der Waals surface area contributed by atoms with Crippen LogP contribution in [0.25, 0.3) is 0 Å². The van der Waals surface area contributed by atoms with Crippen LogP contribution in [-0.4, -0.2) is 66.3 Å². The van der Waals surface area contributed by atoms with Crippen LogP contribution in [0.3, 0.4) is 0 Å². The summed E-state index contributed by atoms with van der Waals surface area (Å²) in [5.74, 6) is 2.26. The first-order valence-corrected chi connectivity index (χ1v) is 7.91. The van der Waals surface area contributed by atoms with Gasteiger partial charge in [-0.05, 0) is 26.4 Å². The van der Waals surface area contributed by atoms with E-state index in [0.717, 1.165) is 38.3 Å². The first kappa shape index (κ1) is 16.4. The highest BCUT2D eigenvalue weighted by Crippen LogP contribution is 2.21. The number of hydrogen-bond donors (Lipinski definition) is 1. The zero-order valence-electron chi connectivity index (χ0n) is 13.7. The Morgan fingerprint density at radius 2 is 2.10 bits per heavy atom. The first-order valence-electron chi connectivity index (χ1n) is 7.91. The molecule has 1 saturated heterocycles. The van der Waals surface area contributed by atoms with Crippen molar-refractivity contribution in [2.75, 3.05) is 40.3 Å². The maximum Gasteiger partial charge on any atom is 0.231 e. The fourth-order valence-corrected chi connectivity index (χ4v) is 2.92. The number of likely N-dealkylation sites (N-methyl/N-ethyl adjacent to an activating group) is 2. The lowest BCUT2D eigenvalue weighted by molar-refractivity contribution is 0.113. The molecule has 0 aliphatic carbocycles. The number of rotatable bonds is 6. The fourth-order valence-electron chi connectivity index (χ4n) is 2.92. The number of hydrogen-bond acceptors (Lipinski definition) is 6. The predicted molar refractivity (Wildman–Crippen MR) is 83.2 cm³/mol. The zero-order chi connectivity index (χ0) is 15.4. The fraction of sp³-hybridized carbons (Fsp3) is 0.867.